The van der Waals surface area contributed by atoms with Gasteiger partial charge in [-0.25, -0.2) is 13.8 Å². The lowest BCUT2D eigenvalue weighted by Crippen LogP contribution is -2.39. The highest BCUT2D eigenvalue weighted by Crippen LogP contribution is 2.26. The average molecular weight is 584 g/mol. The Labute approximate surface area is 243 Å². The minimum Gasteiger partial charge on any atom is -0.489 e. The van der Waals surface area contributed by atoms with E-state index in [1.807, 2.05) is 48.5 Å². The molecule has 7 nitrogen and oxygen atoms in total. The number of benzene rings is 5. The van der Waals surface area contributed by atoms with E-state index < -0.39 is 22.5 Å². The molecule has 1 amide bonds. The van der Waals surface area contributed by atoms with Crippen molar-refractivity contribution in [1.82, 2.24) is 5.43 Å². The largest absolute Gasteiger partial charge is 0.489 e. The summed E-state index contributed by atoms with van der Waals surface area (Å²) in [7, 11) is -4.04. The molecular weight excluding hydrogens is 558 g/mol. The molecule has 0 aliphatic carbocycles. The maximum atomic E-state index is 13.4. The summed E-state index contributed by atoms with van der Waals surface area (Å²) >= 11 is 6.10. The number of hydrogen-bond acceptors (Lipinski definition) is 5. The van der Waals surface area contributed by atoms with Crippen molar-refractivity contribution in [1.29, 1.82) is 0 Å². The van der Waals surface area contributed by atoms with Crippen LogP contribution in [0.4, 0.5) is 5.69 Å². The first-order valence-corrected chi connectivity index (χ1v) is 14.6. The van der Waals surface area contributed by atoms with Gasteiger partial charge in [0, 0.05) is 5.02 Å². The van der Waals surface area contributed by atoms with E-state index in [0.29, 0.717) is 17.4 Å². The van der Waals surface area contributed by atoms with Crippen LogP contribution in [0.2, 0.25) is 5.02 Å². The number of hydrazone groups is 1. The number of anilines is 1. The van der Waals surface area contributed by atoms with E-state index >= 15 is 0 Å². The Bertz CT molecular complexity index is 1790. The minimum atomic E-state index is -4.04. The number of ether oxygens (including phenoxy) is 1. The first kappa shape index (κ1) is 27.9. The molecule has 0 atom stereocenters. The fourth-order valence-corrected chi connectivity index (χ4v) is 5.86. The van der Waals surface area contributed by atoms with Crippen LogP contribution < -0.4 is 14.5 Å². The van der Waals surface area contributed by atoms with E-state index in [1.54, 1.807) is 36.4 Å². The number of sulfonamides is 1. The van der Waals surface area contributed by atoms with E-state index in [1.165, 1.54) is 24.4 Å². The predicted octanol–water partition coefficient (Wildman–Crippen LogP) is 6.42. The molecule has 206 valence electrons. The number of rotatable bonds is 10. The SMILES string of the molecule is O=C(CN(c1cccc(Cl)c1)S(=O)(=O)c1ccccc1)N/N=C\c1ccc(OCc2cccc3ccccc23)cc1. The molecular formula is C32H26ClN3O4S. The zero-order valence-corrected chi connectivity index (χ0v) is 23.4. The Kier molecular flexibility index (Phi) is 8.62. The zero-order chi connectivity index (χ0) is 28.7. The number of hydrogen-bond donors (Lipinski definition) is 1. The molecule has 5 aromatic carbocycles. The smallest absolute Gasteiger partial charge is 0.264 e. The fraction of sp³-hybridized carbons (Fsp3) is 0.0625. The van der Waals surface area contributed by atoms with Gasteiger partial charge in [-0.05, 0) is 76.5 Å². The highest BCUT2D eigenvalue weighted by Gasteiger charge is 2.27. The van der Waals surface area contributed by atoms with Crippen LogP contribution in [0.15, 0.2) is 131 Å². The standard InChI is InChI=1S/C32H26ClN3O4S/c33-27-11-7-12-28(20-27)36(41(38,39)30-13-2-1-3-14-30)22-32(37)35-34-21-24-16-18-29(19-17-24)40-23-26-10-6-9-25-8-4-5-15-31(25)26/h1-21H,22-23H2,(H,35,37)/b34-21-. The molecule has 0 bridgehead atoms. The second-order valence-corrected chi connectivity index (χ2v) is 11.4. The molecule has 0 heterocycles. The van der Waals surface area contributed by atoms with Crippen molar-refractivity contribution in [3.63, 3.8) is 0 Å². The summed E-state index contributed by atoms with van der Waals surface area (Å²) in [6.07, 6.45) is 1.47. The third kappa shape index (κ3) is 6.92. The Morgan fingerprint density at radius 2 is 1.56 bits per heavy atom. The summed E-state index contributed by atoms with van der Waals surface area (Å²) in [6, 6.07) is 35.8. The Hall–Kier alpha value is -4.66. The Balaban J connectivity index is 1.22. The molecule has 9 heteroatoms. The minimum absolute atomic E-state index is 0.0547. The summed E-state index contributed by atoms with van der Waals surface area (Å²) in [5, 5.41) is 6.67. The zero-order valence-electron chi connectivity index (χ0n) is 21.9. The van der Waals surface area contributed by atoms with Crippen LogP contribution in [0.25, 0.3) is 10.8 Å². The highest BCUT2D eigenvalue weighted by molar-refractivity contribution is 7.92. The van der Waals surface area contributed by atoms with Gasteiger partial charge in [0.25, 0.3) is 15.9 Å². The molecule has 0 aliphatic rings. The lowest BCUT2D eigenvalue weighted by molar-refractivity contribution is -0.119. The van der Waals surface area contributed by atoms with Gasteiger partial charge < -0.3 is 4.74 Å². The topological polar surface area (TPSA) is 88.1 Å². The van der Waals surface area contributed by atoms with Gasteiger partial charge >= 0.3 is 0 Å². The molecule has 0 spiro atoms. The number of amides is 1. The Morgan fingerprint density at radius 3 is 2.34 bits per heavy atom. The number of halogens is 1. The van der Waals surface area contributed by atoms with Crippen molar-refractivity contribution in [2.75, 3.05) is 10.8 Å². The highest BCUT2D eigenvalue weighted by atomic mass is 35.5. The van der Waals surface area contributed by atoms with Crippen molar-refractivity contribution < 1.29 is 17.9 Å². The lowest BCUT2D eigenvalue weighted by Gasteiger charge is -2.23. The number of carbonyl (C=O) groups excluding carboxylic acids is 1. The fourth-order valence-electron chi connectivity index (χ4n) is 4.24. The molecule has 5 aromatic rings. The van der Waals surface area contributed by atoms with Crippen molar-refractivity contribution in [3.8, 4) is 5.75 Å². The maximum absolute atomic E-state index is 13.4. The van der Waals surface area contributed by atoms with Gasteiger partial charge in [0.05, 0.1) is 16.8 Å². The van der Waals surface area contributed by atoms with Crippen molar-refractivity contribution >= 4 is 50.2 Å². The second kappa shape index (κ2) is 12.7. The maximum Gasteiger partial charge on any atom is 0.264 e. The molecule has 0 fully saturated rings. The predicted molar refractivity (Wildman–Crippen MR) is 163 cm³/mol. The summed E-state index contributed by atoms with van der Waals surface area (Å²) in [5.41, 5.74) is 4.49. The number of fused-ring (bicyclic) bond motifs is 1. The van der Waals surface area contributed by atoms with Crippen LogP contribution in [0.1, 0.15) is 11.1 Å². The molecule has 0 aliphatic heterocycles. The molecule has 0 saturated heterocycles. The van der Waals surface area contributed by atoms with Gasteiger partial charge in [0.15, 0.2) is 0 Å². The van der Waals surface area contributed by atoms with Crippen LogP contribution in [0.5, 0.6) is 5.75 Å². The summed E-state index contributed by atoms with van der Waals surface area (Å²) in [6.45, 7) is -0.0598. The normalized spacial score (nSPS) is 11.4. The van der Waals surface area contributed by atoms with Gasteiger partial charge in [0.2, 0.25) is 0 Å². The van der Waals surface area contributed by atoms with Crippen LogP contribution in [-0.4, -0.2) is 27.1 Å². The van der Waals surface area contributed by atoms with Crippen LogP contribution >= 0.6 is 11.6 Å². The molecule has 0 saturated carbocycles. The Morgan fingerprint density at radius 1 is 0.854 bits per heavy atom. The van der Waals surface area contributed by atoms with Crippen molar-refractivity contribution in [3.05, 3.63) is 137 Å². The van der Waals surface area contributed by atoms with E-state index in [4.69, 9.17) is 16.3 Å². The molecule has 0 radical (unpaired) electrons. The van der Waals surface area contributed by atoms with Crippen molar-refractivity contribution in [2.24, 2.45) is 5.10 Å². The average Bonchev–Trinajstić information content (AvgIpc) is 3.00. The molecule has 0 unspecified atom stereocenters. The number of nitrogens with one attached hydrogen (secondary N) is 1. The van der Waals surface area contributed by atoms with Gasteiger partial charge in [0.1, 0.15) is 18.9 Å². The molecule has 5 rings (SSSR count). The van der Waals surface area contributed by atoms with Gasteiger partial charge in [-0.1, -0.05) is 78.3 Å². The van der Waals surface area contributed by atoms with Crippen molar-refractivity contribution in [2.45, 2.75) is 11.5 Å². The summed E-state index contributed by atoms with van der Waals surface area (Å²) in [5.74, 6) is 0.0816. The van der Waals surface area contributed by atoms with Crippen LogP contribution in [-0.2, 0) is 21.4 Å². The first-order valence-electron chi connectivity index (χ1n) is 12.7. The third-order valence-corrected chi connectivity index (χ3v) is 8.30. The quantitative estimate of drug-likeness (QED) is 0.152. The molecule has 41 heavy (non-hydrogen) atoms. The second-order valence-electron chi connectivity index (χ2n) is 9.09. The third-order valence-electron chi connectivity index (χ3n) is 6.27. The van der Waals surface area contributed by atoms with Crippen LogP contribution in [0.3, 0.4) is 0 Å². The van der Waals surface area contributed by atoms with E-state index in [9.17, 15) is 13.2 Å². The van der Waals surface area contributed by atoms with Gasteiger partial charge in [-0.15, -0.1) is 0 Å². The number of carbonyl (C=O) groups is 1. The van der Waals surface area contributed by atoms with Gasteiger partial charge in [-0.3, -0.25) is 9.10 Å². The van der Waals surface area contributed by atoms with E-state index in [-0.39, 0.29) is 10.6 Å². The van der Waals surface area contributed by atoms with E-state index in [0.717, 1.165) is 26.2 Å². The van der Waals surface area contributed by atoms with E-state index in [2.05, 4.69) is 28.7 Å². The molecule has 0 aromatic heterocycles. The monoisotopic (exact) mass is 583 g/mol. The summed E-state index contributed by atoms with van der Waals surface area (Å²) < 4.78 is 33.7. The lowest BCUT2D eigenvalue weighted by atomic mass is 10.1. The summed E-state index contributed by atoms with van der Waals surface area (Å²) in [4.78, 5) is 12.8. The number of nitrogens with zero attached hydrogens (tertiary/aromatic N) is 2. The molecule has 1 N–H and O–H groups in total. The first-order chi connectivity index (χ1) is 19.9. The van der Waals surface area contributed by atoms with Gasteiger partial charge in [-0.2, -0.15) is 5.10 Å². The van der Waals surface area contributed by atoms with Crippen LogP contribution in [0, 0.1) is 0 Å².